The minimum absolute atomic E-state index is 0.00359. The number of rotatable bonds is 15. The molecule has 21 nitrogen and oxygen atoms in total. The van der Waals surface area contributed by atoms with Crippen LogP contribution in [0.1, 0.15) is 70.4 Å². The highest BCUT2D eigenvalue weighted by Gasteiger charge is 2.36. The van der Waals surface area contributed by atoms with Gasteiger partial charge < -0.3 is 45.7 Å². The molecule has 4 aromatic rings. The molecule has 0 spiro atoms. The van der Waals surface area contributed by atoms with Crippen molar-refractivity contribution < 1.29 is 47.8 Å². The van der Waals surface area contributed by atoms with E-state index in [2.05, 4.69) is 25.3 Å². The summed E-state index contributed by atoms with van der Waals surface area (Å²) >= 11 is 0. The van der Waals surface area contributed by atoms with E-state index in [1.165, 1.54) is 70.4 Å². The highest BCUT2D eigenvalue weighted by Crippen LogP contribution is 2.28. The van der Waals surface area contributed by atoms with Crippen LogP contribution in [0.4, 0.5) is 27.0 Å². The van der Waals surface area contributed by atoms with Gasteiger partial charge >= 0.3 is 18.2 Å². The van der Waals surface area contributed by atoms with Crippen LogP contribution < -0.4 is 26.4 Å². The van der Waals surface area contributed by atoms with Gasteiger partial charge in [0.25, 0.3) is 17.7 Å². The van der Waals surface area contributed by atoms with Crippen molar-refractivity contribution in [3.05, 3.63) is 71.0 Å². The van der Waals surface area contributed by atoms with E-state index in [1.54, 1.807) is 27.8 Å². The van der Waals surface area contributed by atoms with Gasteiger partial charge in [-0.3, -0.25) is 24.1 Å². The summed E-state index contributed by atoms with van der Waals surface area (Å²) in [5.74, 6) is -2.55. The SMILES string of the molecule is COC(=O)[C@H](CCCN1C(=O)c2ccc(OC(=O)N(C)CCN(C)C(=O)OC(C)(C)C)cc2C1=O)NC(=O)c1ccc(N(C=O)Cc2cnc3nc(N)nc(N)c3n2)cc1. The molecule has 0 fully saturated rings. The van der Waals surface area contributed by atoms with Crippen LogP contribution in [0.3, 0.4) is 0 Å². The number of ether oxygens (including phenoxy) is 3. The molecule has 2 aromatic carbocycles. The monoisotopic (exact) mass is 827 g/mol. The highest BCUT2D eigenvalue weighted by atomic mass is 16.6. The van der Waals surface area contributed by atoms with E-state index in [1.807, 2.05) is 0 Å². The van der Waals surface area contributed by atoms with Crippen molar-refractivity contribution >= 4 is 70.9 Å². The topological polar surface area (TPSA) is 276 Å². The first kappa shape index (κ1) is 43.7. The second kappa shape index (κ2) is 18.4. The Kier molecular flexibility index (Phi) is 13.4. The van der Waals surface area contributed by atoms with Gasteiger partial charge in [-0.2, -0.15) is 9.97 Å². The molecule has 1 aliphatic rings. The Morgan fingerprint density at radius 2 is 1.58 bits per heavy atom. The van der Waals surface area contributed by atoms with Crippen LogP contribution in [-0.2, 0) is 25.6 Å². The van der Waals surface area contributed by atoms with E-state index in [4.69, 9.17) is 25.7 Å². The van der Waals surface area contributed by atoms with Crippen LogP contribution in [0.15, 0.2) is 48.7 Å². The minimum Gasteiger partial charge on any atom is -0.467 e. The minimum atomic E-state index is -1.13. The number of carbonyl (C=O) groups is 7. The Balaban J connectivity index is 1.14. The van der Waals surface area contributed by atoms with Crippen LogP contribution >= 0.6 is 0 Å². The smallest absolute Gasteiger partial charge is 0.415 e. The number of carbonyl (C=O) groups excluding carboxylic acids is 7. The summed E-state index contributed by atoms with van der Waals surface area (Å²) in [6, 6.07) is 8.92. The summed E-state index contributed by atoms with van der Waals surface area (Å²) < 4.78 is 15.6. The molecule has 0 aliphatic carbocycles. The summed E-state index contributed by atoms with van der Waals surface area (Å²) in [5.41, 5.74) is 12.4. The number of methoxy groups -OCH3 is 1. The molecule has 316 valence electrons. The number of esters is 1. The fourth-order valence-corrected chi connectivity index (χ4v) is 5.85. The number of anilines is 3. The Morgan fingerprint density at radius 1 is 0.917 bits per heavy atom. The third-order valence-corrected chi connectivity index (χ3v) is 9.02. The number of hydrogen-bond acceptors (Lipinski definition) is 16. The zero-order chi connectivity index (χ0) is 43.9. The lowest BCUT2D eigenvalue weighted by atomic mass is 10.1. The number of benzene rings is 2. The average Bonchev–Trinajstić information content (AvgIpc) is 3.44. The number of imide groups is 1. The largest absolute Gasteiger partial charge is 0.467 e. The standard InChI is InChI=1S/C39H45N11O10/c1-39(2,3)60-38(57)48(5)17-16-47(4)37(56)59-25-13-14-26-27(18-25)34(54)50(33(26)53)15-7-8-28(35(55)58-6)44-32(52)22-9-11-24(12-10-22)49(21-51)20-23-19-42-31-29(43-23)30(40)45-36(41)46-31/h9-14,18-19,21,28H,7-8,15-17,20H2,1-6H3,(H,44,52)(H4,40,41,42,45,46)/t28-/m0/s1. The van der Waals surface area contributed by atoms with Gasteiger partial charge in [0.05, 0.1) is 36.7 Å². The quantitative estimate of drug-likeness (QED) is 0.0881. The van der Waals surface area contributed by atoms with E-state index in [0.29, 0.717) is 17.8 Å². The number of hydrogen-bond donors (Lipinski definition) is 3. The number of nitrogens with zero attached hydrogens (tertiary/aromatic N) is 8. The molecule has 1 atom stereocenters. The molecule has 0 radical (unpaired) electrons. The van der Waals surface area contributed by atoms with Crippen LogP contribution in [0.5, 0.6) is 5.75 Å². The number of nitrogen functional groups attached to an aromatic ring is 2. The lowest BCUT2D eigenvalue weighted by molar-refractivity contribution is -0.143. The van der Waals surface area contributed by atoms with Crippen molar-refractivity contribution in [2.75, 3.05) is 57.2 Å². The highest BCUT2D eigenvalue weighted by molar-refractivity contribution is 6.21. The van der Waals surface area contributed by atoms with Crippen LogP contribution in [0.25, 0.3) is 11.2 Å². The Labute approximate surface area is 344 Å². The average molecular weight is 828 g/mol. The van der Waals surface area contributed by atoms with Crippen LogP contribution in [0, 0.1) is 0 Å². The molecule has 6 amide bonds. The van der Waals surface area contributed by atoms with Crippen molar-refractivity contribution in [1.82, 2.24) is 40.0 Å². The molecule has 0 saturated carbocycles. The second-order valence-electron chi connectivity index (χ2n) is 14.6. The maximum atomic E-state index is 13.3. The van der Waals surface area contributed by atoms with Gasteiger partial charge in [0.15, 0.2) is 17.0 Å². The fourth-order valence-electron chi connectivity index (χ4n) is 5.85. The van der Waals surface area contributed by atoms with Crippen molar-refractivity contribution in [2.45, 2.75) is 51.8 Å². The summed E-state index contributed by atoms with van der Waals surface area (Å²) in [5, 5.41) is 2.63. The van der Waals surface area contributed by atoms with E-state index in [-0.39, 0.29) is 84.4 Å². The first-order valence-corrected chi connectivity index (χ1v) is 18.5. The summed E-state index contributed by atoms with van der Waals surface area (Å²) in [6.45, 7) is 5.43. The van der Waals surface area contributed by atoms with Crippen molar-refractivity contribution in [2.24, 2.45) is 0 Å². The van der Waals surface area contributed by atoms with Gasteiger partial charge in [0.2, 0.25) is 12.4 Å². The summed E-state index contributed by atoms with van der Waals surface area (Å²) in [4.78, 5) is 111. The molecule has 2 aromatic heterocycles. The number of fused-ring (bicyclic) bond motifs is 2. The number of amides is 6. The summed E-state index contributed by atoms with van der Waals surface area (Å²) in [7, 11) is 4.18. The number of aromatic nitrogens is 4. The molecule has 0 bridgehead atoms. The third kappa shape index (κ3) is 10.5. The Hall–Kier alpha value is -7.45. The Bertz CT molecular complexity index is 2320. The second-order valence-corrected chi connectivity index (χ2v) is 14.6. The van der Waals surface area contributed by atoms with E-state index in [9.17, 15) is 33.6 Å². The molecular formula is C39H45N11O10. The zero-order valence-electron chi connectivity index (χ0n) is 33.8. The number of nitrogens with one attached hydrogen (secondary N) is 1. The molecule has 5 rings (SSSR count). The maximum absolute atomic E-state index is 13.3. The molecule has 0 unspecified atom stereocenters. The maximum Gasteiger partial charge on any atom is 0.415 e. The molecule has 21 heteroatoms. The van der Waals surface area contributed by atoms with Crippen molar-refractivity contribution in [3.8, 4) is 5.75 Å². The zero-order valence-corrected chi connectivity index (χ0v) is 33.8. The van der Waals surface area contributed by atoms with Gasteiger partial charge in [-0.05, 0) is 76.1 Å². The molecular weight excluding hydrogens is 782 g/mol. The molecule has 60 heavy (non-hydrogen) atoms. The molecule has 0 saturated heterocycles. The normalized spacial score (nSPS) is 12.7. The number of nitrogens with two attached hydrogens (primary N) is 2. The van der Waals surface area contributed by atoms with Crippen molar-refractivity contribution in [1.29, 1.82) is 0 Å². The third-order valence-electron chi connectivity index (χ3n) is 9.02. The summed E-state index contributed by atoms with van der Waals surface area (Å²) in [6.07, 6.45) is 0.830. The van der Waals surface area contributed by atoms with Gasteiger partial charge in [0, 0.05) is 45.0 Å². The van der Waals surface area contributed by atoms with Crippen LogP contribution in [-0.4, -0.2) is 129 Å². The van der Waals surface area contributed by atoms with E-state index < -0.39 is 47.5 Å². The van der Waals surface area contributed by atoms with Gasteiger partial charge in [-0.15, -0.1) is 0 Å². The predicted octanol–water partition coefficient (Wildman–Crippen LogP) is 2.39. The van der Waals surface area contributed by atoms with Crippen LogP contribution in [0.2, 0.25) is 0 Å². The molecule has 3 heterocycles. The molecule has 1 aliphatic heterocycles. The fraction of sp³-hybridized carbons (Fsp3) is 0.359. The Morgan fingerprint density at radius 3 is 2.23 bits per heavy atom. The lowest BCUT2D eigenvalue weighted by Gasteiger charge is -2.26. The van der Waals surface area contributed by atoms with Gasteiger partial charge in [-0.1, -0.05) is 0 Å². The van der Waals surface area contributed by atoms with E-state index >= 15 is 0 Å². The first-order valence-electron chi connectivity index (χ1n) is 18.5. The van der Waals surface area contributed by atoms with Gasteiger partial charge in [0.1, 0.15) is 17.4 Å². The first-order chi connectivity index (χ1) is 28.4. The number of likely N-dealkylation sites (N-methyl/N-ethyl adjacent to an activating group) is 2. The lowest BCUT2D eigenvalue weighted by Crippen LogP contribution is -2.42. The van der Waals surface area contributed by atoms with Gasteiger partial charge in [-0.25, -0.2) is 24.4 Å². The predicted molar refractivity (Wildman–Crippen MR) is 214 cm³/mol. The molecule has 5 N–H and O–H groups in total. The van der Waals surface area contributed by atoms with E-state index in [0.717, 1.165) is 12.0 Å². The van der Waals surface area contributed by atoms with Crippen molar-refractivity contribution in [3.63, 3.8) is 0 Å².